The molecule has 0 N–H and O–H groups in total. The van der Waals surface area contributed by atoms with Gasteiger partial charge in [-0.15, -0.1) is 5.73 Å². The van der Waals surface area contributed by atoms with Gasteiger partial charge in [-0.3, -0.25) is 0 Å². The normalized spacial score (nSPS) is 16.9. The Bertz CT molecular complexity index is 245. The molecule has 0 spiro atoms. The fraction of sp³-hybridized carbons (Fsp3) is 0.364. The van der Waals surface area contributed by atoms with E-state index < -0.39 is 0 Å². The molecule has 0 atom stereocenters. The second-order valence-corrected chi connectivity index (χ2v) is 2.69. The Balaban J connectivity index is 2.98. The average molecular weight is 146 g/mol. The van der Waals surface area contributed by atoms with Gasteiger partial charge in [0.2, 0.25) is 0 Å². The minimum Gasteiger partial charge on any atom is -0.117 e. The van der Waals surface area contributed by atoms with Crippen molar-refractivity contribution < 1.29 is 0 Å². The van der Waals surface area contributed by atoms with Crippen LogP contribution in [-0.4, -0.2) is 0 Å². The SMILES string of the molecule is CCC1=C=CC=CCC=C1C. The topological polar surface area (TPSA) is 0 Å². The van der Waals surface area contributed by atoms with Gasteiger partial charge in [-0.05, 0) is 37.0 Å². The lowest BCUT2D eigenvalue weighted by Crippen LogP contribution is -1.82. The van der Waals surface area contributed by atoms with Gasteiger partial charge in [-0.1, -0.05) is 25.2 Å². The quantitative estimate of drug-likeness (QED) is 0.497. The van der Waals surface area contributed by atoms with E-state index in [0.29, 0.717) is 0 Å². The maximum absolute atomic E-state index is 3.26. The molecule has 0 heterocycles. The van der Waals surface area contributed by atoms with Crippen LogP contribution in [0.3, 0.4) is 0 Å². The van der Waals surface area contributed by atoms with Crippen LogP contribution in [0.2, 0.25) is 0 Å². The molecule has 0 fully saturated rings. The summed E-state index contributed by atoms with van der Waals surface area (Å²) in [5.74, 6) is 0. The van der Waals surface area contributed by atoms with E-state index in [1.54, 1.807) is 0 Å². The van der Waals surface area contributed by atoms with Crippen LogP contribution >= 0.6 is 0 Å². The van der Waals surface area contributed by atoms with Gasteiger partial charge in [0.15, 0.2) is 0 Å². The van der Waals surface area contributed by atoms with E-state index >= 15 is 0 Å². The van der Waals surface area contributed by atoms with Gasteiger partial charge >= 0.3 is 0 Å². The zero-order chi connectivity index (χ0) is 8.10. The Morgan fingerprint density at radius 1 is 1.55 bits per heavy atom. The maximum atomic E-state index is 3.26. The molecule has 0 unspecified atom stereocenters. The molecule has 0 aromatic rings. The Labute approximate surface area is 68.6 Å². The van der Waals surface area contributed by atoms with E-state index in [0.717, 1.165) is 12.8 Å². The molecule has 1 aliphatic carbocycles. The van der Waals surface area contributed by atoms with Crippen molar-refractivity contribution in [3.8, 4) is 0 Å². The van der Waals surface area contributed by atoms with Crippen LogP contribution in [0.15, 0.2) is 41.2 Å². The molecule has 0 heteroatoms. The number of hydrogen-bond donors (Lipinski definition) is 0. The summed E-state index contributed by atoms with van der Waals surface area (Å²) in [6.07, 6.45) is 10.6. The van der Waals surface area contributed by atoms with E-state index in [9.17, 15) is 0 Å². The summed E-state index contributed by atoms with van der Waals surface area (Å²) in [6, 6.07) is 0. The summed E-state index contributed by atoms with van der Waals surface area (Å²) in [5.41, 5.74) is 5.95. The Morgan fingerprint density at radius 2 is 2.36 bits per heavy atom. The van der Waals surface area contributed by atoms with Crippen LogP contribution in [0.25, 0.3) is 0 Å². The molecule has 1 rings (SSSR count). The van der Waals surface area contributed by atoms with Crippen molar-refractivity contribution in [3.05, 3.63) is 41.2 Å². The monoisotopic (exact) mass is 146 g/mol. The van der Waals surface area contributed by atoms with Crippen molar-refractivity contribution in [3.63, 3.8) is 0 Å². The van der Waals surface area contributed by atoms with E-state index in [-0.39, 0.29) is 0 Å². The molecular weight excluding hydrogens is 132 g/mol. The highest BCUT2D eigenvalue weighted by Gasteiger charge is 1.94. The van der Waals surface area contributed by atoms with Crippen LogP contribution in [-0.2, 0) is 0 Å². The second kappa shape index (κ2) is 4.00. The Morgan fingerprint density at radius 3 is 3.09 bits per heavy atom. The zero-order valence-electron chi connectivity index (χ0n) is 7.22. The Kier molecular flexibility index (Phi) is 2.95. The van der Waals surface area contributed by atoms with Crippen LogP contribution in [0.5, 0.6) is 0 Å². The van der Waals surface area contributed by atoms with Crippen LogP contribution in [0, 0.1) is 0 Å². The lowest BCUT2D eigenvalue weighted by molar-refractivity contribution is 1.09. The smallest absolute Gasteiger partial charge is 0.00370 e. The van der Waals surface area contributed by atoms with Crippen molar-refractivity contribution in [2.24, 2.45) is 0 Å². The van der Waals surface area contributed by atoms with Gasteiger partial charge in [0.25, 0.3) is 0 Å². The highest BCUT2D eigenvalue weighted by Crippen LogP contribution is 2.13. The molecule has 0 saturated carbocycles. The van der Waals surface area contributed by atoms with Crippen molar-refractivity contribution in [2.75, 3.05) is 0 Å². The minimum atomic E-state index is 1.05. The largest absolute Gasteiger partial charge is 0.117 e. The summed E-state index contributed by atoms with van der Waals surface area (Å²) in [7, 11) is 0. The lowest BCUT2D eigenvalue weighted by atomic mass is 10.0. The summed E-state index contributed by atoms with van der Waals surface area (Å²) in [6.45, 7) is 4.32. The van der Waals surface area contributed by atoms with Crippen LogP contribution < -0.4 is 0 Å². The predicted molar refractivity (Wildman–Crippen MR) is 49.4 cm³/mol. The molecule has 11 heavy (non-hydrogen) atoms. The number of allylic oxidation sites excluding steroid dienone is 5. The van der Waals surface area contributed by atoms with Gasteiger partial charge in [0, 0.05) is 0 Å². The van der Waals surface area contributed by atoms with E-state index in [1.807, 2.05) is 6.08 Å². The summed E-state index contributed by atoms with van der Waals surface area (Å²) < 4.78 is 0. The first-order valence-corrected chi connectivity index (χ1v) is 4.12. The summed E-state index contributed by atoms with van der Waals surface area (Å²) >= 11 is 0. The minimum absolute atomic E-state index is 1.05. The predicted octanol–water partition coefficient (Wildman–Crippen LogP) is 3.38. The van der Waals surface area contributed by atoms with Crippen molar-refractivity contribution in [1.82, 2.24) is 0 Å². The second-order valence-electron chi connectivity index (χ2n) is 2.69. The first-order chi connectivity index (χ1) is 5.34. The standard InChI is InChI=1S/C11H14/c1-3-11-9-7-5-4-6-8-10(11)2/h4-5,7-8H,3,6H2,1-2H3. The molecule has 0 aromatic heterocycles. The summed E-state index contributed by atoms with van der Waals surface area (Å²) in [5, 5.41) is 0. The molecule has 0 bridgehead atoms. The molecule has 0 aliphatic heterocycles. The fourth-order valence-electron chi connectivity index (χ4n) is 1.16. The third-order valence-electron chi connectivity index (χ3n) is 1.88. The molecule has 0 aromatic carbocycles. The van der Waals surface area contributed by atoms with Crippen molar-refractivity contribution >= 4 is 0 Å². The molecule has 0 amide bonds. The van der Waals surface area contributed by atoms with Gasteiger partial charge in [-0.25, -0.2) is 0 Å². The van der Waals surface area contributed by atoms with E-state index in [1.165, 1.54) is 11.1 Å². The molecule has 0 radical (unpaired) electrons. The molecule has 0 saturated heterocycles. The third kappa shape index (κ3) is 2.25. The van der Waals surface area contributed by atoms with Gasteiger partial charge in [-0.2, -0.15) is 0 Å². The highest BCUT2D eigenvalue weighted by atomic mass is 14.0. The Hall–Kier alpha value is -1.00. The number of hydrogen-bond acceptors (Lipinski definition) is 0. The van der Waals surface area contributed by atoms with Gasteiger partial charge in [0.05, 0.1) is 0 Å². The van der Waals surface area contributed by atoms with Crippen molar-refractivity contribution in [1.29, 1.82) is 0 Å². The molecule has 1 aliphatic rings. The first kappa shape index (κ1) is 8.10. The van der Waals surface area contributed by atoms with E-state index in [4.69, 9.17) is 0 Å². The zero-order valence-corrected chi connectivity index (χ0v) is 7.22. The molecule has 0 nitrogen and oxygen atoms in total. The molecule has 58 valence electrons. The van der Waals surface area contributed by atoms with Crippen LogP contribution in [0.1, 0.15) is 26.7 Å². The van der Waals surface area contributed by atoms with E-state index in [2.05, 4.69) is 37.8 Å². The van der Waals surface area contributed by atoms with Crippen LogP contribution in [0.4, 0.5) is 0 Å². The lowest BCUT2D eigenvalue weighted by Gasteiger charge is -2.01. The summed E-state index contributed by atoms with van der Waals surface area (Å²) in [4.78, 5) is 0. The molecular formula is C11H14. The van der Waals surface area contributed by atoms with Crippen molar-refractivity contribution in [2.45, 2.75) is 26.7 Å². The number of rotatable bonds is 1. The van der Waals surface area contributed by atoms with Gasteiger partial charge in [0.1, 0.15) is 0 Å². The first-order valence-electron chi connectivity index (χ1n) is 4.12. The highest BCUT2D eigenvalue weighted by molar-refractivity contribution is 5.31. The third-order valence-corrected chi connectivity index (χ3v) is 1.88. The van der Waals surface area contributed by atoms with Gasteiger partial charge < -0.3 is 0 Å². The average Bonchev–Trinajstić information content (AvgIpc) is 1.98. The maximum Gasteiger partial charge on any atom is -0.00370 e. The fourth-order valence-corrected chi connectivity index (χ4v) is 1.16.